The minimum absolute atomic E-state index is 0.359. The van der Waals surface area contributed by atoms with Crippen molar-refractivity contribution in [2.45, 2.75) is 37.9 Å². The lowest BCUT2D eigenvalue weighted by molar-refractivity contribution is 0.287. The van der Waals surface area contributed by atoms with E-state index in [4.69, 9.17) is 16.3 Å². The van der Waals surface area contributed by atoms with Gasteiger partial charge in [0.25, 0.3) is 0 Å². The van der Waals surface area contributed by atoms with Crippen LogP contribution in [0.25, 0.3) is 0 Å². The number of hydrogen-bond acceptors (Lipinski definition) is 4. The number of aryl methyl sites for hydroxylation is 1. The van der Waals surface area contributed by atoms with Gasteiger partial charge in [0.2, 0.25) is 0 Å². The molecular weight excluding hydrogens is 378 g/mol. The molecule has 3 aromatic rings. The Labute approximate surface area is 169 Å². The second kappa shape index (κ2) is 9.11. The first-order valence-electron chi connectivity index (χ1n) is 8.68. The van der Waals surface area contributed by atoms with Gasteiger partial charge >= 0.3 is 0 Å². The van der Waals surface area contributed by atoms with Crippen LogP contribution in [0.1, 0.15) is 22.5 Å². The third-order valence-electron chi connectivity index (χ3n) is 4.33. The zero-order valence-corrected chi connectivity index (χ0v) is 17.1. The Kier molecular flexibility index (Phi) is 6.58. The molecule has 4 nitrogen and oxygen atoms in total. The quantitative estimate of drug-likeness (QED) is 0.365. The molecule has 0 bridgehead atoms. The zero-order chi connectivity index (χ0) is 19.2. The van der Waals surface area contributed by atoms with Gasteiger partial charge in [0.1, 0.15) is 12.4 Å². The van der Waals surface area contributed by atoms with Crippen LogP contribution in [-0.4, -0.2) is 14.8 Å². The SMILES string of the molecule is C=CCn1c(COc2cccc(C)c2C)nnc1SCc1ccccc1Cl. The summed E-state index contributed by atoms with van der Waals surface area (Å²) < 4.78 is 8.03. The lowest BCUT2D eigenvalue weighted by atomic mass is 10.1. The molecule has 1 aromatic heterocycles. The Morgan fingerprint density at radius 1 is 1.15 bits per heavy atom. The number of allylic oxidation sites excluding steroid dienone is 1. The maximum absolute atomic E-state index is 6.25. The van der Waals surface area contributed by atoms with Crippen LogP contribution in [0.2, 0.25) is 5.02 Å². The molecule has 140 valence electrons. The third-order valence-corrected chi connectivity index (χ3v) is 5.72. The number of aromatic nitrogens is 3. The summed E-state index contributed by atoms with van der Waals surface area (Å²) >= 11 is 7.85. The molecule has 0 radical (unpaired) electrons. The van der Waals surface area contributed by atoms with Gasteiger partial charge in [0.15, 0.2) is 11.0 Å². The van der Waals surface area contributed by atoms with E-state index >= 15 is 0 Å². The van der Waals surface area contributed by atoms with Crippen molar-refractivity contribution in [3.63, 3.8) is 0 Å². The molecule has 0 atom stereocenters. The molecule has 0 saturated heterocycles. The average Bonchev–Trinajstić information content (AvgIpc) is 3.04. The summed E-state index contributed by atoms with van der Waals surface area (Å²) in [5, 5.41) is 10.3. The summed E-state index contributed by atoms with van der Waals surface area (Å²) in [5.74, 6) is 2.37. The van der Waals surface area contributed by atoms with Crippen molar-refractivity contribution in [2.24, 2.45) is 0 Å². The van der Waals surface area contributed by atoms with Crippen molar-refractivity contribution >= 4 is 23.4 Å². The largest absolute Gasteiger partial charge is 0.485 e. The highest BCUT2D eigenvalue weighted by molar-refractivity contribution is 7.98. The minimum Gasteiger partial charge on any atom is -0.485 e. The van der Waals surface area contributed by atoms with E-state index in [-0.39, 0.29) is 0 Å². The lowest BCUT2D eigenvalue weighted by Gasteiger charge is -2.12. The van der Waals surface area contributed by atoms with Gasteiger partial charge in [-0.3, -0.25) is 4.57 Å². The Balaban J connectivity index is 1.73. The van der Waals surface area contributed by atoms with Gasteiger partial charge in [-0.1, -0.05) is 59.8 Å². The van der Waals surface area contributed by atoms with Crippen LogP contribution >= 0.6 is 23.4 Å². The van der Waals surface area contributed by atoms with E-state index in [9.17, 15) is 0 Å². The van der Waals surface area contributed by atoms with Crippen LogP contribution in [0.4, 0.5) is 0 Å². The number of halogens is 1. The van der Waals surface area contributed by atoms with Crippen molar-refractivity contribution in [1.29, 1.82) is 0 Å². The van der Waals surface area contributed by atoms with Gasteiger partial charge < -0.3 is 4.74 Å². The maximum Gasteiger partial charge on any atom is 0.191 e. The summed E-state index contributed by atoms with van der Waals surface area (Å²) in [6.45, 7) is 8.97. The maximum atomic E-state index is 6.25. The fourth-order valence-corrected chi connectivity index (χ4v) is 3.88. The first-order valence-corrected chi connectivity index (χ1v) is 10.0. The first kappa shape index (κ1) is 19.5. The fourth-order valence-electron chi connectivity index (χ4n) is 2.63. The molecule has 0 N–H and O–H groups in total. The van der Waals surface area contributed by atoms with Crippen LogP contribution in [0.5, 0.6) is 5.75 Å². The molecule has 0 aliphatic carbocycles. The highest BCUT2D eigenvalue weighted by atomic mass is 35.5. The Hall–Kier alpha value is -2.24. The number of benzene rings is 2. The normalized spacial score (nSPS) is 10.8. The van der Waals surface area contributed by atoms with E-state index in [2.05, 4.69) is 36.7 Å². The van der Waals surface area contributed by atoms with Crippen LogP contribution in [-0.2, 0) is 18.9 Å². The molecule has 27 heavy (non-hydrogen) atoms. The predicted octanol–water partition coefficient (Wildman–Crippen LogP) is 5.61. The molecule has 3 rings (SSSR count). The van der Waals surface area contributed by atoms with Gasteiger partial charge in [-0.25, -0.2) is 0 Å². The summed E-state index contributed by atoms with van der Waals surface area (Å²) in [7, 11) is 0. The van der Waals surface area contributed by atoms with Gasteiger partial charge in [-0.15, -0.1) is 16.8 Å². The molecule has 0 fully saturated rings. The molecule has 2 aromatic carbocycles. The molecular formula is C21H22ClN3OS. The van der Waals surface area contributed by atoms with Gasteiger partial charge in [-0.05, 0) is 42.7 Å². The molecule has 0 spiro atoms. The van der Waals surface area contributed by atoms with E-state index in [0.717, 1.165) is 38.6 Å². The number of thioether (sulfide) groups is 1. The lowest BCUT2D eigenvalue weighted by Crippen LogP contribution is -2.08. The summed E-state index contributed by atoms with van der Waals surface area (Å²) in [6, 6.07) is 13.9. The van der Waals surface area contributed by atoms with Crippen molar-refractivity contribution < 1.29 is 4.74 Å². The Bertz CT molecular complexity index is 939. The predicted molar refractivity (Wildman–Crippen MR) is 111 cm³/mol. The second-order valence-electron chi connectivity index (χ2n) is 6.16. The van der Waals surface area contributed by atoms with E-state index < -0.39 is 0 Å². The van der Waals surface area contributed by atoms with Crippen molar-refractivity contribution in [2.75, 3.05) is 0 Å². The summed E-state index contributed by atoms with van der Waals surface area (Å²) in [6.07, 6.45) is 1.84. The van der Waals surface area contributed by atoms with Crippen LogP contribution in [0.3, 0.4) is 0 Å². The molecule has 0 saturated carbocycles. The first-order chi connectivity index (χ1) is 13.1. The standard InChI is InChI=1S/C21H22ClN3OS/c1-4-12-25-20(13-26-19-11-7-8-15(2)16(19)3)23-24-21(25)27-14-17-9-5-6-10-18(17)22/h4-11H,1,12-14H2,2-3H3. The molecule has 6 heteroatoms. The number of hydrogen-bond donors (Lipinski definition) is 0. The van der Waals surface area contributed by atoms with E-state index in [1.54, 1.807) is 11.8 Å². The average molecular weight is 400 g/mol. The van der Waals surface area contributed by atoms with E-state index in [1.807, 2.05) is 47.0 Å². The molecule has 0 aliphatic heterocycles. The van der Waals surface area contributed by atoms with Crippen LogP contribution < -0.4 is 4.74 Å². The van der Waals surface area contributed by atoms with Crippen LogP contribution in [0.15, 0.2) is 60.3 Å². The summed E-state index contributed by atoms with van der Waals surface area (Å²) in [4.78, 5) is 0. The van der Waals surface area contributed by atoms with E-state index in [1.165, 1.54) is 5.56 Å². The van der Waals surface area contributed by atoms with Gasteiger partial charge in [0.05, 0.1) is 0 Å². The van der Waals surface area contributed by atoms with Crippen molar-refractivity contribution in [1.82, 2.24) is 14.8 Å². The Morgan fingerprint density at radius 2 is 1.96 bits per heavy atom. The zero-order valence-electron chi connectivity index (χ0n) is 15.5. The Morgan fingerprint density at radius 3 is 2.74 bits per heavy atom. The fraction of sp³-hybridized carbons (Fsp3) is 0.238. The number of ether oxygens (including phenoxy) is 1. The topological polar surface area (TPSA) is 39.9 Å². The van der Waals surface area contributed by atoms with Crippen LogP contribution in [0, 0.1) is 13.8 Å². The van der Waals surface area contributed by atoms with Gasteiger partial charge in [-0.2, -0.15) is 0 Å². The highest BCUT2D eigenvalue weighted by Gasteiger charge is 2.14. The molecule has 0 amide bonds. The second-order valence-corrected chi connectivity index (χ2v) is 7.51. The van der Waals surface area contributed by atoms with Gasteiger partial charge in [0, 0.05) is 17.3 Å². The van der Waals surface area contributed by atoms with E-state index in [0.29, 0.717) is 13.2 Å². The number of nitrogens with zero attached hydrogens (tertiary/aromatic N) is 3. The van der Waals surface area contributed by atoms with Crippen molar-refractivity contribution in [3.05, 3.63) is 82.7 Å². The third kappa shape index (κ3) is 4.73. The molecule has 1 heterocycles. The molecule has 0 unspecified atom stereocenters. The smallest absolute Gasteiger partial charge is 0.191 e. The molecule has 0 aliphatic rings. The van der Waals surface area contributed by atoms with Crippen molar-refractivity contribution in [3.8, 4) is 5.75 Å². The highest BCUT2D eigenvalue weighted by Crippen LogP contribution is 2.27. The minimum atomic E-state index is 0.359. The number of rotatable bonds is 8. The monoisotopic (exact) mass is 399 g/mol. The summed E-state index contributed by atoms with van der Waals surface area (Å²) in [5.41, 5.74) is 3.42.